The molecule has 4 aromatic rings. The zero-order valence-corrected chi connectivity index (χ0v) is 20.2. The average Bonchev–Trinajstić information content (AvgIpc) is 3.15. The summed E-state index contributed by atoms with van der Waals surface area (Å²) in [6.07, 6.45) is 0.136. The number of imidazole rings is 1. The molecule has 0 aliphatic heterocycles. The summed E-state index contributed by atoms with van der Waals surface area (Å²) in [6.45, 7) is 2.24. The monoisotopic (exact) mass is 518 g/mol. The van der Waals surface area contributed by atoms with Gasteiger partial charge in [-0.2, -0.15) is 0 Å². The number of aliphatic hydroxyl groups excluding tert-OH is 1. The number of methoxy groups -OCH3 is 1. The first-order chi connectivity index (χ1) is 17.2. The van der Waals surface area contributed by atoms with Crippen LogP contribution in [0.1, 0.15) is 34.4 Å². The highest BCUT2D eigenvalue weighted by atomic mass is 35.5. The Morgan fingerprint density at radius 3 is 2.64 bits per heavy atom. The SMILES string of the molecule is COc1ccc(F)c(F)c1COc1cc(-n2c(=O)[nH]c3c(C(C)=O)nc(C)nc32)c(Cl)cc1CCO. The first-order valence-electron chi connectivity index (χ1n) is 10.7. The number of aliphatic hydroxyl groups is 1. The van der Waals surface area contributed by atoms with Crippen LogP contribution in [0.25, 0.3) is 16.9 Å². The lowest BCUT2D eigenvalue weighted by molar-refractivity contribution is 0.101. The van der Waals surface area contributed by atoms with Crippen LogP contribution in [-0.2, 0) is 13.0 Å². The average molecular weight is 519 g/mol. The first-order valence-corrected chi connectivity index (χ1v) is 11.1. The van der Waals surface area contributed by atoms with E-state index in [2.05, 4.69) is 15.0 Å². The number of H-pyrrole nitrogens is 1. The van der Waals surface area contributed by atoms with Gasteiger partial charge in [-0.15, -0.1) is 0 Å². The zero-order valence-electron chi connectivity index (χ0n) is 19.5. The standard InChI is InChI=1S/C24H21ClF2N4O5/c1-11(33)21-22-23(29-12(2)28-21)31(24(34)30-22)17-9-19(13(6-7-32)8-15(17)25)36-10-14-18(35-3)5-4-16(26)20(14)27/h4-5,8-9,32H,6-7,10H2,1-3H3,(H,30,34). The van der Waals surface area contributed by atoms with E-state index in [4.69, 9.17) is 21.1 Å². The number of nitrogens with zero attached hydrogens (tertiary/aromatic N) is 3. The Kier molecular flexibility index (Phi) is 7.04. The van der Waals surface area contributed by atoms with Crippen LogP contribution in [-0.4, -0.2) is 44.1 Å². The van der Waals surface area contributed by atoms with Crippen molar-refractivity contribution in [2.24, 2.45) is 0 Å². The number of carbonyl (C=O) groups excluding carboxylic acids is 1. The molecule has 0 fully saturated rings. The summed E-state index contributed by atoms with van der Waals surface area (Å²) in [5.74, 6) is -2.04. The molecule has 2 heterocycles. The number of aryl methyl sites for hydroxylation is 1. The third kappa shape index (κ3) is 4.54. The summed E-state index contributed by atoms with van der Waals surface area (Å²) >= 11 is 6.50. The second-order valence-electron chi connectivity index (χ2n) is 7.86. The van der Waals surface area contributed by atoms with Gasteiger partial charge in [0.2, 0.25) is 0 Å². The molecule has 0 aliphatic carbocycles. The molecule has 4 rings (SSSR count). The molecule has 2 N–H and O–H groups in total. The Morgan fingerprint density at radius 1 is 1.22 bits per heavy atom. The van der Waals surface area contributed by atoms with Crippen LogP contribution in [0, 0.1) is 18.6 Å². The van der Waals surface area contributed by atoms with Crippen molar-refractivity contribution >= 4 is 28.5 Å². The summed E-state index contributed by atoms with van der Waals surface area (Å²) in [5, 5.41) is 9.63. The number of halogens is 3. The van der Waals surface area contributed by atoms with Gasteiger partial charge >= 0.3 is 5.69 Å². The van der Waals surface area contributed by atoms with Crippen molar-refractivity contribution in [1.29, 1.82) is 0 Å². The maximum Gasteiger partial charge on any atom is 0.332 e. The van der Waals surface area contributed by atoms with Gasteiger partial charge in [0.25, 0.3) is 0 Å². The van der Waals surface area contributed by atoms with Crippen molar-refractivity contribution in [3.05, 3.63) is 74.1 Å². The molecule has 0 atom stereocenters. The minimum atomic E-state index is -1.12. The van der Waals surface area contributed by atoms with Gasteiger partial charge in [0.1, 0.15) is 35.1 Å². The van der Waals surface area contributed by atoms with Gasteiger partial charge in [0.15, 0.2) is 23.1 Å². The molecule has 2 aromatic heterocycles. The van der Waals surface area contributed by atoms with Crippen molar-refractivity contribution in [1.82, 2.24) is 19.5 Å². The summed E-state index contributed by atoms with van der Waals surface area (Å²) in [4.78, 5) is 36.0. The molecular weight excluding hydrogens is 498 g/mol. The molecule has 0 aliphatic rings. The fourth-order valence-corrected chi connectivity index (χ4v) is 4.10. The molecule has 12 heteroatoms. The first kappa shape index (κ1) is 25.3. The topological polar surface area (TPSA) is 119 Å². The number of ether oxygens (including phenoxy) is 2. The maximum absolute atomic E-state index is 14.4. The van der Waals surface area contributed by atoms with Crippen LogP contribution < -0.4 is 15.2 Å². The Morgan fingerprint density at radius 2 is 1.97 bits per heavy atom. The number of Topliss-reactive ketones (excluding diaryl/α,β-unsaturated/α-hetero) is 1. The molecule has 36 heavy (non-hydrogen) atoms. The van der Waals surface area contributed by atoms with Crippen LogP contribution in [0.4, 0.5) is 8.78 Å². The number of rotatable bonds is 8. The molecule has 188 valence electrons. The highest BCUT2D eigenvalue weighted by Gasteiger charge is 2.22. The van der Waals surface area contributed by atoms with Gasteiger partial charge in [0, 0.05) is 19.6 Å². The second kappa shape index (κ2) is 10.0. The van der Waals surface area contributed by atoms with E-state index in [1.807, 2.05) is 0 Å². The van der Waals surface area contributed by atoms with E-state index in [9.17, 15) is 23.5 Å². The number of hydrogen-bond donors (Lipinski definition) is 2. The number of nitrogens with one attached hydrogen (secondary N) is 1. The smallest absolute Gasteiger partial charge is 0.332 e. The molecule has 0 saturated heterocycles. The lowest BCUT2D eigenvalue weighted by atomic mass is 10.1. The Labute approximate surface area is 208 Å². The van der Waals surface area contributed by atoms with E-state index in [-0.39, 0.29) is 69.3 Å². The van der Waals surface area contributed by atoms with Crippen LogP contribution in [0.2, 0.25) is 5.02 Å². The van der Waals surface area contributed by atoms with Gasteiger partial charge in [-0.25, -0.2) is 28.1 Å². The zero-order chi connectivity index (χ0) is 26.1. The Bertz CT molecular complexity index is 1550. The molecule has 0 unspecified atom stereocenters. The van der Waals surface area contributed by atoms with E-state index in [1.165, 1.54) is 32.2 Å². The van der Waals surface area contributed by atoms with Crippen molar-refractivity contribution in [3.63, 3.8) is 0 Å². The molecule has 0 saturated carbocycles. The van der Waals surface area contributed by atoms with E-state index in [1.54, 1.807) is 6.92 Å². The molecule has 9 nitrogen and oxygen atoms in total. The van der Waals surface area contributed by atoms with Crippen molar-refractivity contribution in [2.45, 2.75) is 26.9 Å². The highest BCUT2D eigenvalue weighted by molar-refractivity contribution is 6.32. The molecule has 0 radical (unpaired) electrons. The number of carbonyl (C=O) groups is 1. The van der Waals surface area contributed by atoms with E-state index < -0.39 is 23.9 Å². The molecule has 2 aromatic carbocycles. The van der Waals surface area contributed by atoms with E-state index >= 15 is 0 Å². The minimum absolute atomic E-state index is 0.0477. The summed E-state index contributed by atoms with van der Waals surface area (Å²) in [5.41, 5.74) is 0.150. The Balaban J connectivity index is 1.86. The van der Waals surface area contributed by atoms with Crippen molar-refractivity contribution in [3.8, 4) is 17.2 Å². The van der Waals surface area contributed by atoms with Gasteiger partial charge in [0.05, 0.1) is 23.4 Å². The summed E-state index contributed by atoms with van der Waals surface area (Å²) in [6, 6.07) is 5.14. The van der Waals surface area contributed by atoms with Crippen LogP contribution in [0.15, 0.2) is 29.1 Å². The minimum Gasteiger partial charge on any atom is -0.496 e. The molecule has 0 spiro atoms. The third-order valence-corrected chi connectivity index (χ3v) is 5.78. The second-order valence-corrected chi connectivity index (χ2v) is 8.26. The van der Waals surface area contributed by atoms with Gasteiger partial charge < -0.3 is 19.6 Å². The lowest BCUT2D eigenvalue weighted by Crippen LogP contribution is -2.16. The number of benzene rings is 2. The largest absolute Gasteiger partial charge is 0.496 e. The van der Waals surface area contributed by atoms with Gasteiger partial charge in [-0.1, -0.05) is 11.6 Å². The van der Waals surface area contributed by atoms with Crippen LogP contribution >= 0.6 is 11.6 Å². The van der Waals surface area contributed by atoms with Gasteiger partial charge in [-0.05, 0) is 37.1 Å². The van der Waals surface area contributed by atoms with Crippen molar-refractivity contribution in [2.75, 3.05) is 13.7 Å². The molecule has 0 bridgehead atoms. The predicted octanol–water partition coefficient (Wildman–Crippen LogP) is 3.67. The lowest BCUT2D eigenvalue weighted by Gasteiger charge is -2.16. The van der Waals surface area contributed by atoms with E-state index in [0.29, 0.717) is 5.56 Å². The number of fused-ring (bicyclic) bond motifs is 1. The van der Waals surface area contributed by atoms with Gasteiger partial charge in [-0.3, -0.25) is 4.79 Å². The fourth-order valence-electron chi connectivity index (χ4n) is 3.83. The number of aromatic nitrogens is 4. The fraction of sp³-hybridized carbons (Fsp3) is 0.250. The van der Waals surface area contributed by atoms with Crippen LogP contribution in [0.5, 0.6) is 11.5 Å². The summed E-state index contributed by atoms with van der Waals surface area (Å²) < 4.78 is 40.4. The van der Waals surface area contributed by atoms with Crippen LogP contribution in [0.3, 0.4) is 0 Å². The highest BCUT2D eigenvalue weighted by Crippen LogP contribution is 2.33. The third-order valence-electron chi connectivity index (χ3n) is 5.48. The quantitative estimate of drug-likeness (QED) is 0.341. The predicted molar refractivity (Wildman–Crippen MR) is 127 cm³/mol. The normalized spacial score (nSPS) is 11.2. The van der Waals surface area contributed by atoms with E-state index in [0.717, 1.165) is 10.6 Å². The summed E-state index contributed by atoms with van der Waals surface area (Å²) in [7, 11) is 1.32. The maximum atomic E-state index is 14.4. The number of aromatic amines is 1. The molecule has 0 amide bonds. The number of ketones is 1. The van der Waals surface area contributed by atoms with Crippen molar-refractivity contribution < 1.29 is 28.2 Å². The molecular formula is C24H21ClF2N4O5. The number of hydrogen-bond acceptors (Lipinski definition) is 7. The Hall–Kier alpha value is -3.83.